The van der Waals surface area contributed by atoms with E-state index in [0.29, 0.717) is 29.2 Å². The van der Waals surface area contributed by atoms with Crippen molar-refractivity contribution in [3.63, 3.8) is 0 Å². The molecule has 0 aliphatic carbocycles. The molecule has 0 aliphatic rings. The average Bonchev–Trinajstić information content (AvgIpc) is 2.97. The van der Waals surface area contributed by atoms with Gasteiger partial charge in [0.2, 0.25) is 0 Å². The van der Waals surface area contributed by atoms with Crippen LogP contribution in [-0.2, 0) is 6.54 Å². The molecule has 22 heavy (non-hydrogen) atoms. The van der Waals surface area contributed by atoms with Crippen molar-refractivity contribution in [2.45, 2.75) is 6.54 Å². The summed E-state index contributed by atoms with van der Waals surface area (Å²) in [6.07, 6.45) is 6.59. The third-order valence-electron chi connectivity index (χ3n) is 3.32. The number of halogens is 1. The lowest BCUT2D eigenvalue weighted by molar-refractivity contribution is 0.567. The van der Waals surface area contributed by atoms with Gasteiger partial charge < -0.3 is 5.32 Å². The van der Waals surface area contributed by atoms with E-state index in [1.807, 2.05) is 0 Å². The first-order valence-electron chi connectivity index (χ1n) is 6.73. The number of imidazole rings is 1. The molecular formula is C15H11FN6. The number of nitrogens with zero attached hydrogens (tertiary/aromatic N) is 5. The van der Waals surface area contributed by atoms with Crippen molar-refractivity contribution in [3.8, 4) is 0 Å². The van der Waals surface area contributed by atoms with Crippen LogP contribution in [0.3, 0.4) is 0 Å². The molecule has 0 saturated carbocycles. The van der Waals surface area contributed by atoms with Crippen LogP contribution in [-0.4, -0.2) is 24.3 Å². The van der Waals surface area contributed by atoms with Gasteiger partial charge in [-0.05, 0) is 18.2 Å². The molecule has 0 saturated heterocycles. The lowest BCUT2D eigenvalue weighted by Gasteiger charge is -2.05. The van der Waals surface area contributed by atoms with Gasteiger partial charge in [-0.25, -0.2) is 15.0 Å². The molecule has 0 aromatic carbocycles. The van der Waals surface area contributed by atoms with E-state index >= 15 is 0 Å². The van der Waals surface area contributed by atoms with Crippen molar-refractivity contribution in [3.05, 3.63) is 60.7 Å². The number of rotatable bonds is 3. The first kappa shape index (κ1) is 12.6. The number of aromatic nitrogens is 5. The van der Waals surface area contributed by atoms with Crippen molar-refractivity contribution < 1.29 is 4.39 Å². The van der Waals surface area contributed by atoms with Crippen LogP contribution in [0, 0.1) is 5.95 Å². The summed E-state index contributed by atoms with van der Waals surface area (Å²) in [5, 5.41) is 3.17. The first-order chi connectivity index (χ1) is 10.8. The van der Waals surface area contributed by atoms with Gasteiger partial charge in [-0.15, -0.1) is 0 Å². The molecule has 0 unspecified atom stereocenters. The SMILES string of the molecule is Fc1cccc2nc(CNc3nccc4nccnc34)cn12. The van der Waals surface area contributed by atoms with Crippen LogP contribution < -0.4 is 5.32 Å². The van der Waals surface area contributed by atoms with Crippen LogP contribution in [0.1, 0.15) is 5.69 Å². The number of fused-ring (bicyclic) bond motifs is 2. The zero-order valence-electron chi connectivity index (χ0n) is 11.4. The molecule has 4 rings (SSSR count). The van der Waals surface area contributed by atoms with Crippen LogP contribution in [0.25, 0.3) is 16.7 Å². The zero-order chi connectivity index (χ0) is 14.9. The Morgan fingerprint density at radius 2 is 1.95 bits per heavy atom. The fourth-order valence-corrected chi connectivity index (χ4v) is 2.31. The molecular weight excluding hydrogens is 283 g/mol. The summed E-state index contributed by atoms with van der Waals surface area (Å²) in [6.45, 7) is 0.420. The normalized spacial score (nSPS) is 11.1. The molecule has 0 fully saturated rings. The van der Waals surface area contributed by atoms with Crippen LogP contribution in [0.4, 0.5) is 10.2 Å². The minimum Gasteiger partial charge on any atom is -0.362 e. The molecule has 6 nitrogen and oxygen atoms in total. The first-order valence-corrected chi connectivity index (χ1v) is 6.73. The van der Waals surface area contributed by atoms with Crippen molar-refractivity contribution in [1.29, 1.82) is 0 Å². The second kappa shape index (κ2) is 5.03. The third-order valence-corrected chi connectivity index (χ3v) is 3.32. The topological polar surface area (TPSA) is 68.0 Å². The molecule has 1 N–H and O–H groups in total. The Labute approximate surface area is 124 Å². The summed E-state index contributed by atoms with van der Waals surface area (Å²) in [6, 6.07) is 6.59. The van der Waals surface area contributed by atoms with Crippen molar-refractivity contribution in [1.82, 2.24) is 24.3 Å². The van der Waals surface area contributed by atoms with Crippen molar-refractivity contribution in [2.24, 2.45) is 0 Å². The summed E-state index contributed by atoms with van der Waals surface area (Å²) in [7, 11) is 0. The summed E-state index contributed by atoms with van der Waals surface area (Å²) in [5.74, 6) is 0.286. The van der Waals surface area contributed by atoms with Crippen molar-refractivity contribution >= 4 is 22.5 Å². The number of nitrogens with one attached hydrogen (secondary N) is 1. The van der Waals surface area contributed by atoms with Gasteiger partial charge in [-0.3, -0.25) is 9.38 Å². The molecule has 7 heteroatoms. The average molecular weight is 294 g/mol. The zero-order valence-corrected chi connectivity index (χ0v) is 11.4. The number of hydrogen-bond donors (Lipinski definition) is 1. The standard InChI is InChI=1S/C15H11FN6/c16-12-2-1-3-13-21-10(9-22(12)13)8-20-15-14-11(4-5-19-15)17-6-7-18-14/h1-7,9H,8H2,(H,19,20). The summed E-state index contributed by atoms with van der Waals surface area (Å²) in [4.78, 5) is 17.1. The highest BCUT2D eigenvalue weighted by Crippen LogP contribution is 2.17. The maximum atomic E-state index is 13.6. The highest BCUT2D eigenvalue weighted by atomic mass is 19.1. The van der Waals surface area contributed by atoms with E-state index in [-0.39, 0.29) is 5.95 Å². The molecule has 0 atom stereocenters. The molecule has 0 aliphatic heterocycles. The number of anilines is 1. The Balaban J connectivity index is 1.64. The molecule has 4 heterocycles. The summed E-state index contributed by atoms with van der Waals surface area (Å²) in [5.41, 5.74) is 2.75. The minimum atomic E-state index is -0.342. The smallest absolute Gasteiger partial charge is 0.199 e. The molecule has 0 radical (unpaired) electrons. The quantitative estimate of drug-likeness (QED) is 0.588. The summed E-state index contributed by atoms with van der Waals surface area (Å²) >= 11 is 0. The second-order valence-corrected chi connectivity index (χ2v) is 4.75. The maximum absolute atomic E-state index is 13.6. The highest BCUT2D eigenvalue weighted by molar-refractivity contribution is 5.84. The molecule has 108 valence electrons. The van der Waals surface area contributed by atoms with Gasteiger partial charge >= 0.3 is 0 Å². The number of hydrogen-bond acceptors (Lipinski definition) is 5. The Morgan fingerprint density at radius 1 is 1.05 bits per heavy atom. The Hall–Kier alpha value is -3.09. The molecule has 4 aromatic rings. The fraction of sp³-hybridized carbons (Fsp3) is 0.0667. The maximum Gasteiger partial charge on any atom is 0.199 e. The lowest BCUT2D eigenvalue weighted by Crippen LogP contribution is -2.03. The lowest BCUT2D eigenvalue weighted by atomic mass is 10.3. The largest absolute Gasteiger partial charge is 0.362 e. The minimum absolute atomic E-state index is 0.342. The Bertz CT molecular complexity index is 959. The van der Waals surface area contributed by atoms with Gasteiger partial charge in [0.1, 0.15) is 11.2 Å². The van der Waals surface area contributed by atoms with Crippen LogP contribution >= 0.6 is 0 Å². The van der Waals surface area contributed by atoms with E-state index in [0.717, 1.165) is 5.52 Å². The molecule has 0 amide bonds. The molecule has 0 spiro atoms. The van der Waals surface area contributed by atoms with E-state index in [1.165, 1.54) is 10.5 Å². The van der Waals surface area contributed by atoms with E-state index in [9.17, 15) is 4.39 Å². The monoisotopic (exact) mass is 294 g/mol. The van der Waals surface area contributed by atoms with Crippen LogP contribution in [0.15, 0.2) is 49.1 Å². The highest BCUT2D eigenvalue weighted by Gasteiger charge is 2.07. The predicted molar refractivity (Wildman–Crippen MR) is 79.8 cm³/mol. The number of pyridine rings is 2. The second-order valence-electron chi connectivity index (χ2n) is 4.75. The van der Waals surface area contributed by atoms with Gasteiger partial charge in [0, 0.05) is 24.8 Å². The fourth-order valence-electron chi connectivity index (χ4n) is 2.31. The molecule has 0 bridgehead atoms. The van der Waals surface area contributed by atoms with Crippen LogP contribution in [0.2, 0.25) is 0 Å². The Morgan fingerprint density at radius 3 is 2.86 bits per heavy atom. The van der Waals surface area contributed by atoms with Gasteiger partial charge in [-0.2, -0.15) is 4.39 Å². The van der Waals surface area contributed by atoms with E-state index in [1.54, 1.807) is 43.0 Å². The third kappa shape index (κ3) is 2.12. The van der Waals surface area contributed by atoms with Gasteiger partial charge in [0.25, 0.3) is 0 Å². The van der Waals surface area contributed by atoms with E-state index in [2.05, 4.69) is 25.3 Å². The van der Waals surface area contributed by atoms with Gasteiger partial charge in [0.15, 0.2) is 11.8 Å². The van der Waals surface area contributed by atoms with Crippen molar-refractivity contribution in [2.75, 3.05) is 5.32 Å². The van der Waals surface area contributed by atoms with E-state index < -0.39 is 0 Å². The van der Waals surface area contributed by atoms with Gasteiger partial charge in [0.05, 0.1) is 17.8 Å². The summed E-state index contributed by atoms with van der Waals surface area (Å²) < 4.78 is 15.1. The van der Waals surface area contributed by atoms with E-state index in [4.69, 9.17) is 0 Å². The van der Waals surface area contributed by atoms with Crippen LogP contribution in [0.5, 0.6) is 0 Å². The predicted octanol–water partition coefficient (Wildman–Crippen LogP) is 2.42. The van der Waals surface area contributed by atoms with Gasteiger partial charge in [-0.1, -0.05) is 6.07 Å². The Kier molecular flexibility index (Phi) is 2.89. The molecule has 4 aromatic heterocycles.